The van der Waals surface area contributed by atoms with Crippen molar-refractivity contribution in [2.75, 3.05) is 0 Å². The predicted octanol–water partition coefficient (Wildman–Crippen LogP) is 5.18. The number of ether oxygens (including phenoxy) is 2. The van der Waals surface area contributed by atoms with E-state index in [0.717, 1.165) is 44.9 Å². The Hall–Kier alpha value is -1.02. The summed E-state index contributed by atoms with van der Waals surface area (Å²) < 4.78 is 13.1. The quantitative estimate of drug-likeness (QED) is 0.379. The van der Waals surface area contributed by atoms with Gasteiger partial charge in [0.1, 0.15) is 17.9 Å². The average Bonchev–Trinajstić information content (AvgIpc) is 3.24. The molecule has 0 bridgehead atoms. The maximum atomic E-state index is 13.4. The maximum absolute atomic E-state index is 13.4. The fourth-order valence-electron chi connectivity index (χ4n) is 12.5. The number of hydrogen-bond acceptors (Lipinski definition) is 7. The molecule has 0 aromatic rings. The Morgan fingerprint density at radius 3 is 2.29 bits per heavy atom. The molecule has 7 heteroatoms. The van der Waals surface area contributed by atoms with Gasteiger partial charge in [-0.25, -0.2) is 0 Å². The lowest BCUT2D eigenvalue weighted by Crippen LogP contribution is -2.62. The summed E-state index contributed by atoms with van der Waals surface area (Å²) >= 11 is 0. The minimum absolute atomic E-state index is 0.0101. The minimum Gasteiger partial charge on any atom is -0.461 e. The van der Waals surface area contributed by atoms with Gasteiger partial charge in [0, 0.05) is 23.7 Å². The van der Waals surface area contributed by atoms with Gasteiger partial charge in [-0.3, -0.25) is 9.59 Å². The van der Waals surface area contributed by atoms with Gasteiger partial charge in [-0.1, -0.05) is 41.5 Å². The molecule has 1 aliphatic heterocycles. The zero-order valence-corrected chi connectivity index (χ0v) is 27.6. The van der Waals surface area contributed by atoms with Crippen LogP contribution in [0.25, 0.3) is 0 Å². The van der Waals surface area contributed by atoms with Gasteiger partial charge < -0.3 is 25.4 Å². The molecule has 4 N–H and O–H groups in total. The van der Waals surface area contributed by atoms with Crippen molar-refractivity contribution in [3.8, 4) is 0 Å². The lowest BCUT2D eigenvalue weighted by Gasteiger charge is -2.64. The van der Waals surface area contributed by atoms with Crippen LogP contribution in [0, 0.1) is 50.7 Å². The Morgan fingerprint density at radius 1 is 1.02 bits per heavy atom. The van der Waals surface area contributed by atoms with Crippen LogP contribution in [-0.2, 0) is 19.1 Å². The molecule has 5 saturated carbocycles. The third kappa shape index (κ3) is 3.78. The van der Waals surface area contributed by atoms with Gasteiger partial charge in [-0.05, 0) is 106 Å². The van der Waals surface area contributed by atoms with E-state index in [1.165, 1.54) is 0 Å². The molecule has 6 fully saturated rings. The number of carbonyl (C=O) groups excluding carboxylic acids is 2. The van der Waals surface area contributed by atoms with Crippen molar-refractivity contribution in [2.24, 2.45) is 56.5 Å². The summed E-state index contributed by atoms with van der Waals surface area (Å²) in [4.78, 5) is 26.8. The molecule has 12 atom stereocenters. The molecule has 0 aromatic heterocycles. The van der Waals surface area contributed by atoms with E-state index in [2.05, 4.69) is 34.6 Å². The molecule has 42 heavy (non-hydrogen) atoms. The predicted molar refractivity (Wildman–Crippen MR) is 160 cm³/mol. The zero-order chi connectivity index (χ0) is 31.1. The van der Waals surface area contributed by atoms with E-state index in [9.17, 15) is 19.8 Å². The molecule has 1 saturated heterocycles. The third-order valence-electron chi connectivity index (χ3n) is 14.8. The van der Waals surface area contributed by atoms with Crippen molar-refractivity contribution in [3.05, 3.63) is 0 Å². The second-order valence-corrected chi connectivity index (χ2v) is 17.8. The number of fused-ring (bicyclic) bond motifs is 2. The number of carbonyl (C=O) groups is 2. The first kappa shape index (κ1) is 31.0. The first-order chi connectivity index (χ1) is 19.2. The highest BCUT2D eigenvalue weighted by Gasteiger charge is 2.85. The lowest BCUT2D eigenvalue weighted by molar-refractivity contribution is -0.210. The molecule has 1 heterocycles. The summed E-state index contributed by atoms with van der Waals surface area (Å²) in [7, 11) is 0. The van der Waals surface area contributed by atoms with Crippen molar-refractivity contribution in [1.29, 1.82) is 0 Å². The molecular formula is C35H57NO6. The Labute approximate surface area is 253 Å². The van der Waals surface area contributed by atoms with Crippen LogP contribution in [-0.4, -0.2) is 57.5 Å². The van der Waals surface area contributed by atoms with Crippen LogP contribution < -0.4 is 5.73 Å². The Morgan fingerprint density at radius 2 is 1.69 bits per heavy atom. The van der Waals surface area contributed by atoms with Crippen molar-refractivity contribution in [3.63, 3.8) is 0 Å². The van der Waals surface area contributed by atoms with Gasteiger partial charge in [0.15, 0.2) is 0 Å². The number of esters is 1. The second-order valence-electron chi connectivity index (χ2n) is 17.8. The zero-order valence-electron chi connectivity index (χ0n) is 27.6. The highest BCUT2D eigenvalue weighted by atomic mass is 16.5. The summed E-state index contributed by atoms with van der Waals surface area (Å²) in [5.74, 6) is 0.105. The fourth-order valence-corrected chi connectivity index (χ4v) is 12.5. The topological polar surface area (TPSA) is 119 Å². The highest BCUT2D eigenvalue weighted by molar-refractivity contribution is 5.86. The van der Waals surface area contributed by atoms with Crippen LogP contribution in [0.3, 0.4) is 0 Å². The molecule has 6 rings (SSSR count). The van der Waals surface area contributed by atoms with Crippen LogP contribution in [0.2, 0.25) is 0 Å². The Balaban J connectivity index is 1.39. The molecule has 0 amide bonds. The number of aliphatic hydroxyl groups is 2. The molecule has 0 radical (unpaired) electrons. The standard InChI is InChI=1S/C35H57NO6/c1-19(2)25(36)28(39)41-21-16-22-32(8)17-20(37)26(33(9)12-11-24(42-33)30(5,6)40)31(32,7)14-15-34(22)18-35(34)13-10-23(38)29(3,4)27(21)35/h19-22,24-27,37,40H,10-18,36H2,1-9H3/t20-,21-,22?,24?,25-,26-,27-,31+,32-,33+,34-,35+/m0/s1. The van der Waals surface area contributed by atoms with Crippen LogP contribution in [0.5, 0.6) is 0 Å². The number of rotatable bonds is 5. The molecule has 2 spiro atoms. The number of ketones is 1. The minimum atomic E-state index is -0.930. The van der Waals surface area contributed by atoms with Gasteiger partial charge >= 0.3 is 5.97 Å². The summed E-state index contributed by atoms with van der Waals surface area (Å²) in [5.41, 5.74) is 4.02. The lowest BCUT2D eigenvalue weighted by atomic mass is 9.41. The fraction of sp³-hybridized carbons (Fsp3) is 0.943. The molecule has 6 aliphatic rings. The number of nitrogens with two attached hydrogens (primary N) is 1. The van der Waals surface area contributed by atoms with Crippen LogP contribution >= 0.6 is 0 Å². The van der Waals surface area contributed by atoms with Gasteiger partial charge in [-0.15, -0.1) is 0 Å². The van der Waals surface area contributed by atoms with Gasteiger partial charge in [-0.2, -0.15) is 0 Å². The van der Waals surface area contributed by atoms with Crippen LogP contribution in [0.15, 0.2) is 0 Å². The maximum Gasteiger partial charge on any atom is 0.323 e. The van der Waals surface area contributed by atoms with E-state index in [0.29, 0.717) is 12.8 Å². The van der Waals surface area contributed by atoms with Crippen molar-refractivity contribution >= 4 is 11.8 Å². The highest BCUT2D eigenvalue weighted by Crippen LogP contribution is 2.89. The molecular weight excluding hydrogens is 530 g/mol. The SMILES string of the molecule is CC(C)[C@H](N)C(=O)O[C@H]1CC2[C@]3(CC[C@]4(C)[C@@H]([C@@]5(C)CCC(C(C)(C)O)O5)[C@@H](O)C[C@@]24C)C[C@@]32CCC(=O)C(C)(C)[C@H]12. The Bertz CT molecular complexity index is 1160. The molecule has 5 aliphatic carbocycles. The van der Waals surface area contributed by atoms with E-state index in [4.69, 9.17) is 15.2 Å². The molecule has 7 nitrogen and oxygen atoms in total. The number of aliphatic hydroxyl groups excluding tert-OH is 1. The largest absolute Gasteiger partial charge is 0.461 e. The Kier molecular flexibility index (Phi) is 6.67. The summed E-state index contributed by atoms with van der Waals surface area (Å²) in [6.45, 7) is 18.6. The van der Waals surface area contributed by atoms with Crippen molar-refractivity contribution in [2.45, 2.75) is 156 Å². The first-order valence-corrected chi connectivity index (χ1v) is 16.8. The van der Waals surface area contributed by atoms with Crippen LogP contribution in [0.4, 0.5) is 0 Å². The summed E-state index contributed by atoms with van der Waals surface area (Å²) in [6, 6.07) is -0.692. The summed E-state index contributed by atoms with van der Waals surface area (Å²) in [5, 5.41) is 22.7. The van der Waals surface area contributed by atoms with E-state index in [1.54, 1.807) is 0 Å². The second kappa shape index (κ2) is 9.04. The molecule has 2 unspecified atom stereocenters. The molecule has 238 valence electrons. The number of hydrogen-bond donors (Lipinski definition) is 3. The smallest absolute Gasteiger partial charge is 0.323 e. The van der Waals surface area contributed by atoms with Crippen LogP contribution in [0.1, 0.15) is 120 Å². The number of Topliss-reactive ketones (excluding diaryl/α,β-unsaturated/α-hetero) is 1. The van der Waals surface area contributed by atoms with Gasteiger partial charge in [0.25, 0.3) is 0 Å². The average molecular weight is 588 g/mol. The summed E-state index contributed by atoms with van der Waals surface area (Å²) in [6.07, 6.45) is 6.52. The third-order valence-corrected chi connectivity index (χ3v) is 14.8. The van der Waals surface area contributed by atoms with E-state index < -0.39 is 28.8 Å². The van der Waals surface area contributed by atoms with E-state index in [-0.39, 0.29) is 69.3 Å². The van der Waals surface area contributed by atoms with Gasteiger partial charge in [0.2, 0.25) is 0 Å². The first-order valence-electron chi connectivity index (χ1n) is 16.8. The normalized spacial score (nSPS) is 51.8. The van der Waals surface area contributed by atoms with E-state index in [1.807, 2.05) is 27.7 Å². The monoisotopic (exact) mass is 587 g/mol. The van der Waals surface area contributed by atoms with Crippen molar-refractivity contribution < 1.29 is 29.3 Å². The van der Waals surface area contributed by atoms with Crippen molar-refractivity contribution in [1.82, 2.24) is 0 Å². The van der Waals surface area contributed by atoms with E-state index >= 15 is 0 Å². The van der Waals surface area contributed by atoms with Gasteiger partial charge in [0.05, 0.1) is 23.4 Å². The molecule has 0 aromatic carbocycles.